The van der Waals surface area contributed by atoms with Crippen molar-refractivity contribution >= 4 is 45.6 Å². The summed E-state index contributed by atoms with van der Waals surface area (Å²) >= 11 is 0. The quantitative estimate of drug-likeness (QED) is 0.358. The lowest BCUT2D eigenvalue weighted by atomic mass is 10.0. The highest BCUT2D eigenvalue weighted by Crippen LogP contribution is 2.31. The molecule has 1 amide bonds. The topological polar surface area (TPSA) is 137 Å². The van der Waals surface area contributed by atoms with Crippen LogP contribution in [0.1, 0.15) is 25.3 Å². The maximum absolute atomic E-state index is 11.6. The SMILES string of the molecule is CCC(=O)Nc1ccc(-c2cnc3n[nH]c(-c4nc5c(C6=CC=NCC6)cncc5[nH]4)c3c2)cn1. The summed E-state index contributed by atoms with van der Waals surface area (Å²) in [6.07, 6.45) is 12.2. The number of carbonyl (C=O) groups excluding carboxylic acids is 1. The Labute approximate surface area is 199 Å². The Morgan fingerprint density at radius 2 is 2.03 bits per heavy atom. The molecule has 0 radical (unpaired) electrons. The fourth-order valence-corrected chi connectivity index (χ4v) is 4.10. The van der Waals surface area contributed by atoms with Crippen LogP contribution in [0.25, 0.3) is 50.3 Å². The number of rotatable bonds is 5. The van der Waals surface area contributed by atoms with E-state index in [1.165, 1.54) is 5.57 Å². The third kappa shape index (κ3) is 3.84. The molecule has 0 aliphatic carbocycles. The predicted molar refractivity (Wildman–Crippen MR) is 135 cm³/mol. The number of anilines is 1. The zero-order valence-corrected chi connectivity index (χ0v) is 18.9. The Hall–Kier alpha value is -4.73. The summed E-state index contributed by atoms with van der Waals surface area (Å²) < 4.78 is 0. The molecule has 0 unspecified atom stereocenters. The second kappa shape index (κ2) is 8.56. The van der Waals surface area contributed by atoms with Crippen molar-refractivity contribution in [2.24, 2.45) is 4.99 Å². The lowest BCUT2D eigenvalue weighted by molar-refractivity contribution is -0.115. The molecule has 5 aromatic rings. The number of hydrogen-bond acceptors (Lipinski definition) is 7. The van der Waals surface area contributed by atoms with Crippen LogP contribution < -0.4 is 5.32 Å². The van der Waals surface area contributed by atoms with E-state index in [1.807, 2.05) is 30.6 Å². The number of amides is 1. The van der Waals surface area contributed by atoms with Gasteiger partial charge in [-0.2, -0.15) is 5.10 Å². The minimum atomic E-state index is -0.0755. The zero-order valence-electron chi connectivity index (χ0n) is 18.9. The number of nitrogens with zero attached hydrogens (tertiary/aromatic N) is 6. The van der Waals surface area contributed by atoms with Crippen molar-refractivity contribution in [1.29, 1.82) is 0 Å². The molecule has 1 aliphatic heterocycles. The maximum Gasteiger partial charge on any atom is 0.225 e. The molecular weight excluding hydrogens is 442 g/mol. The van der Waals surface area contributed by atoms with E-state index in [2.05, 4.69) is 40.4 Å². The standard InChI is InChI=1S/C25H21N9O/c1-2-21(35)31-20-4-3-15(10-28-20)16-9-17-23(33-34-24(17)29-11-16)25-30-19-13-27-12-18(22(19)32-25)14-5-7-26-8-6-14/h3-5,7,9-13H,2,6,8H2,1H3,(H,30,32)(H,28,31,35)(H,29,33,34). The van der Waals surface area contributed by atoms with E-state index in [0.29, 0.717) is 23.7 Å². The van der Waals surface area contributed by atoms with Gasteiger partial charge in [-0.3, -0.25) is 19.9 Å². The molecule has 3 N–H and O–H groups in total. The van der Waals surface area contributed by atoms with Gasteiger partial charge in [0.1, 0.15) is 11.5 Å². The Morgan fingerprint density at radius 3 is 2.83 bits per heavy atom. The normalized spacial score (nSPS) is 13.3. The summed E-state index contributed by atoms with van der Waals surface area (Å²) in [5.41, 5.74) is 6.97. The fourth-order valence-electron chi connectivity index (χ4n) is 4.10. The number of dihydropyridines is 1. The van der Waals surface area contributed by atoms with Crippen molar-refractivity contribution in [3.8, 4) is 22.6 Å². The van der Waals surface area contributed by atoms with Gasteiger partial charge in [0.05, 0.1) is 22.6 Å². The van der Waals surface area contributed by atoms with E-state index in [9.17, 15) is 4.79 Å². The molecule has 172 valence electrons. The van der Waals surface area contributed by atoms with E-state index < -0.39 is 0 Å². The molecule has 10 heteroatoms. The smallest absolute Gasteiger partial charge is 0.225 e. The molecule has 6 heterocycles. The molecule has 5 aromatic heterocycles. The third-order valence-electron chi connectivity index (χ3n) is 5.96. The first-order chi connectivity index (χ1) is 17.2. The van der Waals surface area contributed by atoms with Crippen LogP contribution in [0.3, 0.4) is 0 Å². The number of pyridine rings is 3. The summed E-state index contributed by atoms with van der Waals surface area (Å²) in [4.78, 5) is 37.4. The average Bonchev–Trinajstić information content (AvgIpc) is 3.53. The van der Waals surface area contributed by atoms with Crippen LogP contribution in [0.15, 0.2) is 54.1 Å². The first-order valence-electron chi connectivity index (χ1n) is 11.3. The van der Waals surface area contributed by atoms with E-state index in [0.717, 1.165) is 51.8 Å². The van der Waals surface area contributed by atoms with E-state index in [4.69, 9.17) is 4.98 Å². The molecular formula is C25H21N9O. The summed E-state index contributed by atoms with van der Waals surface area (Å²) in [5, 5.41) is 11.0. The van der Waals surface area contributed by atoms with Crippen molar-refractivity contribution in [2.75, 3.05) is 11.9 Å². The lowest BCUT2D eigenvalue weighted by Gasteiger charge is -2.08. The van der Waals surface area contributed by atoms with Gasteiger partial charge in [-0.25, -0.2) is 15.0 Å². The third-order valence-corrected chi connectivity index (χ3v) is 5.96. The van der Waals surface area contributed by atoms with Crippen molar-refractivity contribution in [1.82, 2.24) is 35.1 Å². The molecule has 0 atom stereocenters. The van der Waals surface area contributed by atoms with Gasteiger partial charge in [0.2, 0.25) is 5.91 Å². The monoisotopic (exact) mass is 463 g/mol. The van der Waals surface area contributed by atoms with Gasteiger partial charge in [0.15, 0.2) is 11.5 Å². The highest BCUT2D eigenvalue weighted by atomic mass is 16.1. The van der Waals surface area contributed by atoms with E-state index >= 15 is 0 Å². The molecule has 0 aromatic carbocycles. The van der Waals surface area contributed by atoms with Gasteiger partial charge in [0.25, 0.3) is 0 Å². The first kappa shape index (κ1) is 20.8. The van der Waals surface area contributed by atoms with Gasteiger partial charge >= 0.3 is 0 Å². The summed E-state index contributed by atoms with van der Waals surface area (Å²) in [6, 6.07) is 5.69. The molecule has 0 bridgehead atoms. The van der Waals surface area contributed by atoms with Gasteiger partial charge in [-0.1, -0.05) is 6.92 Å². The molecule has 10 nitrogen and oxygen atoms in total. The second-order valence-corrected chi connectivity index (χ2v) is 8.19. The molecule has 6 rings (SSSR count). The zero-order chi connectivity index (χ0) is 23.8. The summed E-state index contributed by atoms with van der Waals surface area (Å²) in [7, 11) is 0. The first-order valence-corrected chi connectivity index (χ1v) is 11.3. The Kier molecular flexibility index (Phi) is 5.10. The number of allylic oxidation sites excluding steroid dienone is 1. The number of aromatic nitrogens is 7. The Bertz CT molecular complexity index is 1630. The maximum atomic E-state index is 11.6. The van der Waals surface area contributed by atoms with Crippen LogP contribution in [0.2, 0.25) is 0 Å². The summed E-state index contributed by atoms with van der Waals surface area (Å²) in [5.74, 6) is 1.11. The molecule has 35 heavy (non-hydrogen) atoms. The highest BCUT2D eigenvalue weighted by Gasteiger charge is 2.17. The molecule has 0 fully saturated rings. The number of fused-ring (bicyclic) bond motifs is 2. The number of nitrogens with one attached hydrogen (secondary N) is 3. The van der Waals surface area contributed by atoms with Crippen LogP contribution in [0.5, 0.6) is 0 Å². The van der Waals surface area contributed by atoms with Crippen molar-refractivity contribution in [3.63, 3.8) is 0 Å². The number of aromatic amines is 2. The number of imidazole rings is 1. The highest BCUT2D eigenvalue weighted by molar-refractivity contribution is 5.97. The fraction of sp³-hybridized carbons (Fsp3) is 0.160. The number of carbonyl (C=O) groups is 1. The number of H-pyrrole nitrogens is 2. The van der Waals surface area contributed by atoms with Crippen molar-refractivity contribution in [2.45, 2.75) is 19.8 Å². The second-order valence-electron chi connectivity index (χ2n) is 8.19. The minimum Gasteiger partial charge on any atom is -0.335 e. The molecule has 0 saturated heterocycles. The van der Waals surface area contributed by atoms with Gasteiger partial charge in [-0.05, 0) is 36.3 Å². The summed E-state index contributed by atoms with van der Waals surface area (Å²) in [6.45, 7) is 2.56. The van der Waals surface area contributed by atoms with Gasteiger partial charge < -0.3 is 10.3 Å². The van der Waals surface area contributed by atoms with Crippen LogP contribution in [0.4, 0.5) is 5.82 Å². The van der Waals surface area contributed by atoms with E-state index in [1.54, 1.807) is 31.6 Å². The van der Waals surface area contributed by atoms with Crippen LogP contribution in [-0.2, 0) is 4.79 Å². The number of hydrogen-bond donors (Lipinski definition) is 3. The van der Waals surface area contributed by atoms with Gasteiger partial charge in [0, 0.05) is 54.5 Å². The largest absolute Gasteiger partial charge is 0.335 e. The molecule has 0 saturated carbocycles. The predicted octanol–water partition coefficient (Wildman–Crippen LogP) is 4.16. The van der Waals surface area contributed by atoms with Crippen LogP contribution >= 0.6 is 0 Å². The Morgan fingerprint density at radius 1 is 1.11 bits per heavy atom. The van der Waals surface area contributed by atoms with Crippen molar-refractivity contribution < 1.29 is 4.79 Å². The molecule has 1 aliphatic rings. The van der Waals surface area contributed by atoms with Crippen LogP contribution in [0, 0.1) is 0 Å². The van der Waals surface area contributed by atoms with Crippen molar-refractivity contribution in [3.05, 3.63) is 54.6 Å². The molecule has 0 spiro atoms. The average molecular weight is 464 g/mol. The lowest BCUT2D eigenvalue weighted by Crippen LogP contribution is -2.10. The minimum absolute atomic E-state index is 0.0755. The van der Waals surface area contributed by atoms with E-state index in [-0.39, 0.29) is 5.91 Å². The van der Waals surface area contributed by atoms with Gasteiger partial charge in [-0.15, -0.1) is 0 Å². The van der Waals surface area contributed by atoms with Crippen LogP contribution in [-0.4, -0.2) is 53.8 Å². The Balaban J connectivity index is 1.39. The number of aliphatic imine (C=N–C) groups is 1.